The lowest BCUT2D eigenvalue weighted by Gasteiger charge is -2.18. The number of alkyl halides is 2. The normalized spacial score (nSPS) is 12.7. The number of halogens is 2. The summed E-state index contributed by atoms with van der Waals surface area (Å²) < 4.78 is 29.7. The molecule has 114 valence electrons. The smallest absolute Gasteiger partial charge is 0.387 e. The zero-order valence-corrected chi connectivity index (χ0v) is 13.0. The van der Waals surface area contributed by atoms with Crippen molar-refractivity contribution in [1.82, 2.24) is 10.3 Å². The van der Waals surface area contributed by atoms with Crippen LogP contribution in [0.15, 0.2) is 24.3 Å². The number of benzene rings is 1. The van der Waals surface area contributed by atoms with Gasteiger partial charge in [-0.1, -0.05) is 25.1 Å². The van der Waals surface area contributed by atoms with Crippen LogP contribution in [-0.2, 0) is 6.42 Å². The molecule has 0 radical (unpaired) electrons. The number of ether oxygens (including phenoxy) is 1. The van der Waals surface area contributed by atoms with Gasteiger partial charge in [0.05, 0.1) is 11.7 Å². The van der Waals surface area contributed by atoms with Crippen molar-refractivity contribution in [3.05, 3.63) is 45.4 Å². The molecule has 1 aromatic carbocycles. The van der Waals surface area contributed by atoms with Crippen LogP contribution in [0.3, 0.4) is 0 Å². The summed E-state index contributed by atoms with van der Waals surface area (Å²) in [5, 5.41) is 3.99. The number of hydrogen-bond donors (Lipinski definition) is 1. The standard InChI is InChI=1S/C15H18F2N2OS/c1-4-11-9(2)21-14(19-11)13(18-3)10-7-5-6-8-12(10)20-15(16)17/h5-8,13,15,18H,4H2,1-3H3. The van der Waals surface area contributed by atoms with E-state index in [0.717, 1.165) is 22.0 Å². The lowest BCUT2D eigenvalue weighted by Crippen LogP contribution is -2.19. The molecule has 3 nitrogen and oxygen atoms in total. The lowest BCUT2D eigenvalue weighted by molar-refractivity contribution is -0.0506. The van der Waals surface area contributed by atoms with E-state index in [4.69, 9.17) is 0 Å². The lowest BCUT2D eigenvalue weighted by atomic mass is 10.1. The summed E-state index contributed by atoms with van der Waals surface area (Å²) in [5.41, 5.74) is 1.71. The zero-order valence-electron chi connectivity index (χ0n) is 12.2. The second-order valence-corrected chi connectivity index (χ2v) is 5.78. The maximum Gasteiger partial charge on any atom is 0.387 e. The number of para-hydroxylation sites is 1. The minimum absolute atomic E-state index is 0.178. The quantitative estimate of drug-likeness (QED) is 0.878. The monoisotopic (exact) mass is 312 g/mol. The molecular formula is C15H18F2N2OS. The second kappa shape index (κ2) is 6.95. The van der Waals surface area contributed by atoms with Gasteiger partial charge in [0.25, 0.3) is 0 Å². The third kappa shape index (κ3) is 3.57. The van der Waals surface area contributed by atoms with Gasteiger partial charge in [0.15, 0.2) is 0 Å². The summed E-state index contributed by atoms with van der Waals surface area (Å²) in [4.78, 5) is 5.76. The van der Waals surface area contributed by atoms with E-state index in [-0.39, 0.29) is 11.8 Å². The predicted octanol–water partition coefficient (Wildman–Crippen LogP) is 3.92. The Balaban J connectivity index is 2.41. The van der Waals surface area contributed by atoms with Crippen LogP contribution < -0.4 is 10.1 Å². The molecule has 21 heavy (non-hydrogen) atoms. The van der Waals surface area contributed by atoms with E-state index in [2.05, 4.69) is 15.0 Å². The Morgan fingerprint density at radius 3 is 2.62 bits per heavy atom. The van der Waals surface area contributed by atoms with Gasteiger partial charge in [0, 0.05) is 10.4 Å². The maximum absolute atomic E-state index is 12.5. The van der Waals surface area contributed by atoms with E-state index >= 15 is 0 Å². The van der Waals surface area contributed by atoms with Crippen molar-refractivity contribution in [3.63, 3.8) is 0 Å². The Hall–Kier alpha value is -1.53. The summed E-state index contributed by atoms with van der Waals surface area (Å²) in [7, 11) is 1.78. The molecule has 0 aliphatic heterocycles. The number of nitrogens with one attached hydrogen (secondary N) is 1. The van der Waals surface area contributed by atoms with Crippen molar-refractivity contribution >= 4 is 11.3 Å². The summed E-state index contributed by atoms with van der Waals surface area (Å²) in [6.07, 6.45) is 0.855. The van der Waals surface area contributed by atoms with Gasteiger partial charge >= 0.3 is 6.61 Å². The first-order valence-corrected chi connectivity index (χ1v) is 7.55. The zero-order chi connectivity index (χ0) is 15.4. The molecule has 1 aromatic heterocycles. The third-order valence-corrected chi connectivity index (χ3v) is 4.30. The van der Waals surface area contributed by atoms with Gasteiger partial charge < -0.3 is 10.1 Å². The van der Waals surface area contributed by atoms with Gasteiger partial charge in [-0.3, -0.25) is 0 Å². The number of nitrogens with zero attached hydrogens (tertiary/aromatic N) is 1. The van der Waals surface area contributed by atoms with Crippen molar-refractivity contribution in [3.8, 4) is 5.75 Å². The molecule has 0 spiro atoms. The first-order chi connectivity index (χ1) is 10.1. The van der Waals surface area contributed by atoms with E-state index in [0.29, 0.717) is 5.56 Å². The predicted molar refractivity (Wildman–Crippen MR) is 80.2 cm³/mol. The molecule has 0 bridgehead atoms. The van der Waals surface area contributed by atoms with Crippen molar-refractivity contribution in [2.24, 2.45) is 0 Å². The first kappa shape index (κ1) is 15.9. The van der Waals surface area contributed by atoms with Crippen LogP contribution >= 0.6 is 11.3 Å². The van der Waals surface area contributed by atoms with E-state index in [1.54, 1.807) is 42.6 Å². The molecule has 0 fully saturated rings. The SMILES string of the molecule is CCc1nc(C(NC)c2ccccc2OC(F)F)sc1C. The van der Waals surface area contributed by atoms with Gasteiger partial charge in [-0.25, -0.2) is 4.98 Å². The number of hydrogen-bond acceptors (Lipinski definition) is 4. The van der Waals surface area contributed by atoms with Crippen LogP contribution in [0.4, 0.5) is 8.78 Å². The van der Waals surface area contributed by atoms with E-state index in [9.17, 15) is 8.78 Å². The number of rotatable bonds is 6. The molecule has 0 saturated heterocycles. The van der Waals surface area contributed by atoms with Crippen molar-refractivity contribution in [2.75, 3.05) is 7.05 Å². The van der Waals surface area contributed by atoms with Crippen molar-refractivity contribution < 1.29 is 13.5 Å². The fourth-order valence-corrected chi connectivity index (χ4v) is 3.38. The molecule has 2 aromatic rings. The number of aromatic nitrogens is 1. The fourth-order valence-electron chi connectivity index (χ4n) is 2.24. The minimum atomic E-state index is -2.84. The Kier molecular flexibility index (Phi) is 5.25. The van der Waals surface area contributed by atoms with Crippen molar-refractivity contribution in [2.45, 2.75) is 32.9 Å². The highest BCUT2D eigenvalue weighted by molar-refractivity contribution is 7.11. The first-order valence-electron chi connectivity index (χ1n) is 6.74. The molecule has 0 saturated carbocycles. The van der Waals surface area contributed by atoms with Crippen LogP contribution in [0.2, 0.25) is 0 Å². The van der Waals surface area contributed by atoms with Gasteiger partial charge in [-0.05, 0) is 26.5 Å². The highest BCUT2D eigenvalue weighted by atomic mass is 32.1. The molecule has 1 unspecified atom stereocenters. The number of thiazole rings is 1. The van der Waals surface area contributed by atoms with Crippen LogP contribution in [0.5, 0.6) is 5.75 Å². The molecule has 1 heterocycles. The van der Waals surface area contributed by atoms with E-state index in [1.807, 2.05) is 13.8 Å². The summed E-state index contributed by atoms with van der Waals surface area (Å²) in [5.74, 6) is 0.178. The average molecular weight is 312 g/mol. The number of aryl methyl sites for hydroxylation is 2. The molecule has 1 N–H and O–H groups in total. The summed E-state index contributed by atoms with van der Waals surface area (Å²) in [6, 6.07) is 6.55. The van der Waals surface area contributed by atoms with Crippen LogP contribution in [0, 0.1) is 6.92 Å². The van der Waals surface area contributed by atoms with E-state index in [1.165, 1.54) is 0 Å². The van der Waals surface area contributed by atoms with Crippen molar-refractivity contribution in [1.29, 1.82) is 0 Å². The Morgan fingerprint density at radius 2 is 2.05 bits per heavy atom. The van der Waals surface area contributed by atoms with Gasteiger partial charge in [-0.15, -0.1) is 11.3 Å². The van der Waals surface area contributed by atoms with Gasteiger partial charge in [-0.2, -0.15) is 8.78 Å². The Morgan fingerprint density at radius 1 is 1.33 bits per heavy atom. The molecule has 0 aliphatic carbocycles. The average Bonchev–Trinajstić information content (AvgIpc) is 2.82. The summed E-state index contributed by atoms with van der Waals surface area (Å²) >= 11 is 1.58. The second-order valence-electron chi connectivity index (χ2n) is 4.55. The minimum Gasteiger partial charge on any atom is -0.434 e. The molecule has 6 heteroatoms. The molecule has 1 atom stereocenters. The molecular weight excluding hydrogens is 294 g/mol. The van der Waals surface area contributed by atoms with Gasteiger partial charge in [0.1, 0.15) is 10.8 Å². The van der Waals surface area contributed by atoms with Crippen LogP contribution in [0.1, 0.15) is 34.1 Å². The molecule has 0 aliphatic rings. The molecule has 2 rings (SSSR count). The Bertz CT molecular complexity index is 601. The topological polar surface area (TPSA) is 34.2 Å². The Labute approximate surface area is 127 Å². The maximum atomic E-state index is 12.5. The molecule has 0 amide bonds. The highest BCUT2D eigenvalue weighted by Gasteiger charge is 2.22. The van der Waals surface area contributed by atoms with Gasteiger partial charge in [0.2, 0.25) is 0 Å². The largest absolute Gasteiger partial charge is 0.434 e. The van der Waals surface area contributed by atoms with Crippen LogP contribution in [0.25, 0.3) is 0 Å². The van der Waals surface area contributed by atoms with E-state index < -0.39 is 6.61 Å². The summed E-state index contributed by atoms with van der Waals surface area (Å²) in [6.45, 7) is 1.23. The fraction of sp³-hybridized carbons (Fsp3) is 0.400. The highest BCUT2D eigenvalue weighted by Crippen LogP contribution is 2.33. The third-order valence-electron chi connectivity index (χ3n) is 3.23. The van der Waals surface area contributed by atoms with Crippen LogP contribution in [-0.4, -0.2) is 18.6 Å².